The number of halogens is 1. The molecule has 1 aromatic heterocycles. The Morgan fingerprint density at radius 3 is 2.45 bits per heavy atom. The lowest BCUT2D eigenvalue weighted by Gasteiger charge is -2.13. The number of hydrogen-bond donors (Lipinski definition) is 1. The Labute approximate surface area is 174 Å². The van der Waals surface area contributed by atoms with Crippen molar-refractivity contribution in [3.63, 3.8) is 0 Å². The number of aromatic nitrogens is 1. The van der Waals surface area contributed by atoms with E-state index in [2.05, 4.69) is 10.5 Å². The van der Waals surface area contributed by atoms with E-state index in [0.29, 0.717) is 5.69 Å². The van der Waals surface area contributed by atoms with Gasteiger partial charge < -0.3 is 9.26 Å². The predicted molar refractivity (Wildman–Crippen MR) is 104 cm³/mol. The summed E-state index contributed by atoms with van der Waals surface area (Å²) in [6.07, 6.45) is 0. The van der Waals surface area contributed by atoms with Gasteiger partial charge >= 0.3 is 5.97 Å². The van der Waals surface area contributed by atoms with Gasteiger partial charge in [0.25, 0.3) is 17.7 Å². The maximum Gasteiger partial charge on any atom is 0.338 e. The number of fused-ring (bicyclic) bond motifs is 1. The number of ether oxygens (including phenoxy) is 1. The number of benzene rings is 2. The molecule has 0 bridgehead atoms. The molecule has 0 saturated carbocycles. The smallest absolute Gasteiger partial charge is 0.338 e. The van der Waals surface area contributed by atoms with Crippen LogP contribution in [-0.2, 0) is 9.53 Å². The van der Waals surface area contributed by atoms with Crippen molar-refractivity contribution in [1.82, 2.24) is 5.16 Å². The van der Waals surface area contributed by atoms with Gasteiger partial charge in [-0.05, 0) is 49.4 Å². The van der Waals surface area contributed by atoms with E-state index in [0.717, 1.165) is 17.0 Å². The van der Waals surface area contributed by atoms with Gasteiger partial charge in [-0.1, -0.05) is 5.16 Å². The van der Waals surface area contributed by atoms with Gasteiger partial charge in [-0.2, -0.15) is 0 Å². The lowest BCUT2D eigenvalue weighted by Crippen LogP contribution is -2.29. The van der Waals surface area contributed by atoms with Gasteiger partial charge in [-0.3, -0.25) is 19.7 Å². The summed E-state index contributed by atoms with van der Waals surface area (Å²) >= 11 is 0. The SMILES string of the molecule is Cc1cc(NC(=O)COC(=O)c2ccc3c(c2)C(=O)N(c2ccc(F)cc2)C3=O)on1. The van der Waals surface area contributed by atoms with Crippen LogP contribution in [0.1, 0.15) is 36.8 Å². The third-order valence-corrected chi connectivity index (χ3v) is 4.43. The van der Waals surface area contributed by atoms with Crippen LogP contribution in [0.25, 0.3) is 0 Å². The van der Waals surface area contributed by atoms with Crippen molar-refractivity contribution < 1.29 is 32.8 Å². The van der Waals surface area contributed by atoms with E-state index in [-0.39, 0.29) is 28.3 Å². The fraction of sp³-hybridized carbons (Fsp3) is 0.0952. The second-order valence-electron chi connectivity index (χ2n) is 6.64. The predicted octanol–water partition coefficient (Wildman–Crippen LogP) is 2.72. The summed E-state index contributed by atoms with van der Waals surface area (Å²) in [5.74, 6) is -3.13. The van der Waals surface area contributed by atoms with Crippen LogP contribution >= 0.6 is 0 Å². The largest absolute Gasteiger partial charge is 0.452 e. The van der Waals surface area contributed by atoms with E-state index in [9.17, 15) is 23.6 Å². The Hall–Kier alpha value is -4.34. The maximum atomic E-state index is 13.1. The Balaban J connectivity index is 1.46. The summed E-state index contributed by atoms with van der Waals surface area (Å²) in [5, 5.41) is 5.99. The average molecular weight is 423 g/mol. The first-order valence-electron chi connectivity index (χ1n) is 9.02. The number of amides is 3. The molecule has 1 aliphatic heterocycles. The van der Waals surface area contributed by atoms with Crippen LogP contribution in [0.4, 0.5) is 16.0 Å². The number of nitrogens with zero attached hydrogens (tertiary/aromatic N) is 2. The van der Waals surface area contributed by atoms with Crippen LogP contribution in [0, 0.1) is 12.7 Å². The van der Waals surface area contributed by atoms with Crippen LogP contribution < -0.4 is 10.2 Å². The normalized spacial score (nSPS) is 12.6. The number of imide groups is 1. The second kappa shape index (κ2) is 7.82. The summed E-state index contributed by atoms with van der Waals surface area (Å²) < 4.78 is 22.9. The summed E-state index contributed by atoms with van der Waals surface area (Å²) in [5.41, 5.74) is 0.870. The number of aryl methyl sites for hydroxylation is 1. The maximum absolute atomic E-state index is 13.1. The molecule has 0 radical (unpaired) electrons. The molecule has 10 heteroatoms. The molecule has 3 aromatic rings. The Kier molecular flexibility index (Phi) is 5.04. The molecule has 0 saturated heterocycles. The van der Waals surface area contributed by atoms with Crippen molar-refractivity contribution in [2.45, 2.75) is 6.92 Å². The van der Waals surface area contributed by atoms with E-state index >= 15 is 0 Å². The lowest BCUT2D eigenvalue weighted by molar-refractivity contribution is -0.119. The number of anilines is 2. The number of carbonyl (C=O) groups excluding carboxylic acids is 4. The molecule has 2 heterocycles. The van der Waals surface area contributed by atoms with Gasteiger partial charge in [0, 0.05) is 6.07 Å². The highest BCUT2D eigenvalue weighted by molar-refractivity contribution is 6.34. The molecule has 0 spiro atoms. The van der Waals surface area contributed by atoms with E-state index in [1.807, 2.05) is 0 Å². The molecule has 3 amide bonds. The van der Waals surface area contributed by atoms with Crippen molar-refractivity contribution in [1.29, 1.82) is 0 Å². The standard InChI is InChI=1S/C21H14FN3O6/c1-11-8-18(31-24-11)23-17(26)10-30-21(29)12-2-7-15-16(9-12)20(28)25(19(15)27)14-5-3-13(22)4-6-14/h2-9H,10H2,1H3,(H,23,26). The summed E-state index contributed by atoms with van der Waals surface area (Å²) in [4.78, 5) is 50.4. The van der Waals surface area contributed by atoms with Crippen molar-refractivity contribution in [3.8, 4) is 0 Å². The Morgan fingerprint density at radius 1 is 1.06 bits per heavy atom. The average Bonchev–Trinajstić information content (AvgIpc) is 3.27. The first-order chi connectivity index (χ1) is 14.8. The molecule has 4 rings (SSSR count). The lowest BCUT2D eigenvalue weighted by atomic mass is 10.1. The number of rotatable bonds is 5. The zero-order valence-corrected chi connectivity index (χ0v) is 16.0. The third-order valence-electron chi connectivity index (χ3n) is 4.43. The molecule has 0 atom stereocenters. The highest BCUT2D eigenvalue weighted by Crippen LogP contribution is 2.29. The molecule has 31 heavy (non-hydrogen) atoms. The second-order valence-corrected chi connectivity index (χ2v) is 6.64. The zero-order valence-electron chi connectivity index (χ0n) is 16.0. The Bertz CT molecular complexity index is 1220. The number of nitrogens with one attached hydrogen (secondary N) is 1. The molecular weight excluding hydrogens is 409 g/mol. The Morgan fingerprint density at radius 2 is 1.77 bits per heavy atom. The van der Waals surface area contributed by atoms with E-state index in [4.69, 9.17) is 9.26 Å². The van der Waals surface area contributed by atoms with Crippen LogP contribution in [0.2, 0.25) is 0 Å². The third kappa shape index (κ3) is 3.90. The quantitative estimate of drug-likeness (QED) is 0.495. The van der Waals surface area contributed by atoms with Crippen molar-refractivity contribution in [2.75, 3.05) is 16.8 Å². The van der Waals surface area contributed by atoms with Gasteiger partial charge in [0.15, 0.2) is 6.61 Å². The van der Waals surface area contributed by atoms with Gasteiger partial charge in [-0.25, -0.2) is 14.1 Å². The summed E-state index contributed by atoms with van der Waals surface area (Å²) in [7, 11) is 0. The fourth-order valence-electron chi connectivity index (χ4n) is 3.00. The highest BCUT2D eigenvalue weighted by Gasteiger charge is 2.37. The molecule has 2 aromatic carbocycles. The van der Waals surface area contributed by atoms with Crippen molar-refractivity contribution in [2.24, 2.45) is 0 Å². The monoisotopic (exact) mass is 423 g/mol. The van der Waals surface area contributed by atoms with E-state index in [1.54, 1.807) is 6.92 Å². The minimum atomic E-state index is -0.854. The van der Waals surface area contributed by atoms with E-state index in [1.165, 1.54) is 36.4 Å². The van der Waals surface area contributed by atoms with Gasteiger partial charge in [0.2, 0.25) is 5.88 Å². The van der Waals surface area contributed by atoms with Crippen LogP contribution in [0.5, 0.6) is 0 Å². The summed E-state index contributed by atoms with van der Waals surface area (Å²) in [6.45, 7) is 1.08. The molecule has 1 N–H and O–H groups in total. The number of carbonyl (C=O) groups is 4. The van der Waals surface area contributed by atoms with Gasteiger partial charge in [0.05, 0.1) is 28.1 Å². The molecule has 9 nitrogen and oxygen atoms in total. The number of hydrogen-bond acceptors (Lipinski definition) is 7. The van der Waals surface area contributed by atoms with Crippen molar-refractivity contribution in [3.05, 3.63) is 76.7 Å². The summed E-state index contributed by atoms with van der Waals surface area (Å²) in [6, 6.07) is 10.2. The van der Waals surface area contributed by atoms with Crippen LogP contribution in [-0.4, -0.2) is 35.5 Å². The molecule has 0 unspecified atom stereocenters. The van der Waals surface area contributed by atoms with Gasteiger partial charge in [0.1, 0.15) is 5.82 Å². The highest BCUT2D eigenvalue weighted by atomic mass is 19.1. The molecule has 1 aliphatic rings. The molecule has 0 fully saturated rings. The fourth-order valence-corrected chi connectivity index (χ4v) is 3.00. The first kappa shape index (κ1) is 20.0. The van der Waals surface area contributed by atoms with Crippen molar-refractivity contribution >= 4 is 35.3 Å². The minimum absolute atomic E-state index is 0.00496. The molecular formula is C21H14FN3O6. The molecule has 156 valence electrons. The zero-order chi connectivity index (χ0) is 22.1. The minimum Gasteiger partial charge on any atom is -0.452 e. The van der Waals surface area contributed by atoms with Crippen LogP contribution in [0.3, 0.4) is 0 Å². The van der Waals surface area contributed by atoms with Gasteiger partial charge in [-0.15, -0.1) is 0 Å². The van der Waals surface area contributed by atoms with E-state index < -0.39 is 36.1 Å². The van der Waals surface area contributed by atoms with Crippen LogP contribution in [0.15, 0.2) is 53.1 Å². The number of esters is 1. The molecule has 0 aliphatic carbocycles. The first-order valence-corrected chi connectivity index (χ1v) is 9.02. The topological polar surface area (TPSA) is 119 Å².